The second-order valence-corrected chi connectivity index (χ2v) is 11.7. The van der Waals surface area contributed by atoms with E-state index in [1.54, 1.807) is 24.3 Å². The van der Waals surface area contributed by atoms with E-state index in [0.29, 0.717) is 48.5 Å². The number of rotatable bonds is 5. The predicted molar refractivity (Wildman–Crippen MR) is 165 cm³/mol. The normalized spacial score (nSPS) is 19.3. The first kappa shape index (κ1) is 31.7. The summed E-state index contributed by atoms with van der Waals surface area (Å²) in [6.07, 6.45) is 5.03. The summed E-state index contributed by atoms with van der Waals surface area (Å²) >= 11 is 6.00. The van der Waals surface area contributed by atoms with Crippen molar-refractivity contribution in [2.24, 2.45) is 0 Å². The highest BCUT2D eigenvalue weighted by atomic mass is 35.5. The van der Waals surface area contributed by atoms with Crippen LogP contribution in [0.5, 0.6) is 0 Å². The lowest BCUT2D eigenvalue weighted by molar-refractivity contribution is -0.132. The number of amides is 2. The van der Waals surface area contributed by atoms with E-state index in [2.05, 4.69) is 42.2 Å². The summed E-state index contributed by atoms with van der Waals surface area (Å²) in [7, 11) is 0. The van der Waals surface area contributed by atoms with Crippen LogP contribution in [0, 0.1) is 17.1 Å². The van der Waals surface area contributed by atoms with Gasteiger partial charge in [-0.1, -0.05) is 42.6 Å². The number of aromatic amines is 1. The monoisotopic (exact) mass is 664 g/mol. The van der Waals surface area contributed by atoms with Crippen molar-refractivity contribution in [1.82, 2.24) is 40.4 Å². The van der Waals surface area contributed by atoms with E-state index in [0.717, 1.165) is 6.08 Å². The van der Waals surface area contributed by atoms with Crippen LogP contribution in [-0.2, 0) is 9.59 Å². The van der Waals surface area contributed by atoms with E-state index in [9.17, 15) is 23.6 Å². The second kappa shape index (κ2) is 13.2. The average Bonchev–Trinajstić information content (AvgIpc) is 3.82. The zero-order chi connectivity index (χ0) is 33.1. The van der Waals surface area contributed by atoms with Gasteiger partial charge in [0.05, 0.1) is 29.0 Å². The highest BCUT2D eigenvalue weighted by Gasteiger charge is 2.42. The fourth-order valence-corrected chi connectivity index (χ4v) is 5.95. The maximum Gasteiger partial charge on any atom is 0.267 e. The lowest BCUT2D eigenvalue weighted by Gasteiger charge is -2.26. The van der Waals surface area contributed by atoms with E-state index in [1.807, 2.05) is 0 Å². The quantitative estimate of drug-likeness (QED) is 0.257. The third-order valence-corrected chi connectivity index (χ3v) is 8.41. The summed E-state index contributed by atoms with van der Waals surface area (Å²) < 4.78 is 44.2. The van der Waals surface area contributed by atoms with Gasteiger partial charge in [0.25, 0.3) is 5.92 Å². The van der Waals surface area contributed by atoms with Crippen LogP contribution >= 0.6 is 11.6 Å². The molecule has 2 amide bonds. The number of alkyl halides is 2. The lowest BCUT2D eigenvalue weighted by atomic mass is 10.0. The second-order valence-electron chi connectivity index (χ2n) is 11.3. The average molecular weight is 665 g/mol. The molecule has 6 rings (SSSR count). The zero-order valence-corrected chi connectivity index (χ0v) is 25.5. The molecule has 47 heavy (non-hydrogen) atoms. The van der Waals surface area contributed by atoms with Crippen LogP contribution in [0.1, 0.15) is 55.2 Å². The highest BCUT2D eigenvalue weighted by molar-refractivity contribution is 6.31. The van der Waals surface area contributed by atoms with Crippen LogP contribution in [-0.4, -0.2) is 71.9 Å². The maximum atomic E-state index is 15.0. The van der Waals surface area contributed by atoms with Crippen LogP contribution < -0.4 is 10.6 Å². The first-order chi connectivity index (χ1) is 22.6. The first-order valence-electron chi connectivity index (χ1n) is 14.9. The van der Waals surface area contributed by atoms with E-state index in [-0.39, 0.29) is 34.9 Å². The maximum absolute atomic E-state index is 15.0. The third-order valence-electron chi connectivity index (χ3n) is 8.12. The zero-order valence-electron chi connectivity index (χ0n) is 24.8. The van der Waals surface area contributed by atoms with Gasteiger partial charge in [0, 0.05) is 35.9 Å². The number of carbonyl (C=O) groups is 2. The van der Waals surface area contributed by atoms with Crippen molar-refractivity contribution in [3.8, 4) is 23.0 Å². The van der Waals surface area contributed by atoms with Crippen LogP contribution in [0.15, 0.2) is 48.8 Å². The molecular formula is C31H28ClF3N10O2. The molecule has 16 heteroatoms. The van der Waals surface area contributed by atoms with Crippen molar-refractivity contribution in [2.45, 2.75) is 50.1 Å². The van der Waals surface area contributed by atoms with Crippen molar-refractivity contribution in [2.75, 3.05) is 18.4 Å². The van der Waals surface area contributed by atoms with Crippen molar-refractivity contribution < 1.29 is 22.8 Å². The number of hydrogen-bond donors (Lipinski definition) is 3. The number of aromatic nitrogens is 6. The Kier molecular flexibility index (Phi) is 8.95. The molecule has 0 unspecified atom stereocenters. The van der Waals surface area contributed by atoms with Gasteiger partial charge in [0.15, 0.2) is 11.5 Å². The number of nitriles is 1. The molecule has 4 heterocycles. The number of halogens is 4. The van der Waals surface area contributed by atoms with Crippen molar-refractivity contribution >= 4 is 35.2 Å². The summed E-state index contributed by atoms with van der Waals surface area (Å²) in [5, 5.41) is 26.9. The number of imidazole rings is 1. The molecule has 1 fully saturated rings. The van der Waals surface area contributed by atoms with Crippen LogP contribution in [0.2, 0.25) is 5.02 Å². The molecule has 0 saturated carbocycles. The van der Waals surface area contributed by atoms with Gasteiger partial charge in [-0.15, -0.1) is 5.10 Å². The SMILES string of the molecule is N#Cc1nc2[nH]c1-c1ccccc1N[C@@H](C(=O)N1CCC(F)(F)C1)CCCC[C@@H]2NC(=O)C=Cc1c(-n2cnnn2)ccc(Cl)c1F. The Hall–Kier alpha value is -5.23. The summed E-state index contributed by atoms with van der Waals surface area (Å²) in [4.78, 5) is 35.5. The van der Waals surface area contributed by atoms with Gasteiger partial charge >= 0.3 is 0 Å². The predicted octanol–water partition coefficient (Wildman–Crippen LogP) is 4.81. The van der Waals surface area contributed by atoms with Crippen molar-refractivity contribution in [3.05, 3.63) is 76.7 Å². The van der Waals surface area contributed by atoms with Gasteiger partial charge in [0.1, 0.15) is 24.3 Å². The number of hydrogen-bond acceptors (Lipinski definition) is 8. The molecule has 2 bridgehead atoms. The Balaban J connectivity index is 1.28. The van der Waals surface area contributed by atoms with Crippen LogP contribution in [0.4, 0.5) is 18.9 Å². The minimum Gasteiger partial charge on any atom is -0.373 e. The van der Waals surface area contributed by atoms with Gasteiger partial charge < -0.3 is 20.5 Å². The molecule has 12 nitrogen and oxygen atoms in total. The van der Waals surface area contributed by atoms with Crippen molar-refractivity contribution in [3.63, 3.8) is 0 Å². The Bertz CT molecular complexity index is 1870. The van der Waals surface area contributed by atoms with Gasteiger partial charge in [-0.25, -0.2) is 18.2 Å². The molecule has 2 atom stereocenters. The number of tetrazole rings is 1. The van der Waals surface area contributed by atoms with E-state index >= 15 is 4.39 Å². The number of para-hydroxylation sites is 1. The Morgan fingerprint density at radius 2 is 1.98 bits per heavy atom. The van der Waals surface area contributed by atoms with Crippen LogP contribution in [0.3, 0.4) is 0 Å². The fraction of sp³-hybridized carbons (Fsp3) is 0.323. The molecule has 3 N–H and O–H groups in total. The fourth-order valence-electron chi connectivity index (χ4n) is 5.79. The summed E-state index contributed by atoms with van der Waals surface area (Å²) in [5.41, 5.74) is 1.75. The molecule has 0 spiro atoms. The number of likely N-dealkylation sites (tertiary alicyclic amines) is 1. The number of benzene rings is 2. The number of nitrogens with one attached hydrogen (secondary N) is 3. The standard InChI is InChI=1S/C31H28ClF3N10O2/c32-20-10-11-25(45-17-37-42-43-45)19(27(20)33)9-12-26(46)39-22-7-3-4-8-23(30(47)44-14-13-31(34,35)16-44)38-21-6-2-1-5-18(21)28-24(15-36)40-29(22)41-28/h1-2,5-6,9-12,17,22-23,38H,3-4,7-8,13-14,16H2,(H,39,46)(H,40,41)/t22-,23+/m0/s1. The molecule has 0 radical (unpaired) electrons. The van der Waals surface area contributed by atoms with Gasteiger partial charge in [-0.05, 0) is 47.5 Å². The first-order valence-corrected chi connectivity index (χ1v) is 15.2. The highest BCUT2D eigenvalue weighted by Crippen LogP contribution is 2.34. The van der Waals surface area contributed by atoms with E-state index in [4.69, 9.17) is 11.6 Å². The molecule has 2 aliphatic heterocycles. The number of H-pyrrole nitrogens is 1. The minimum atomic E-state index is -2.93. The summed E-state index contributed by atoms with van der Waals surface area (Å²) in [5.74, 6) is -4.36. The Morgan fingerprint density at radius 3 is 2.72 bits per heavy atom. The van der Waals surface area contributed by atoms with Gasteiger partial charge in [0.2, 0.25) is 11.8 Å². The Morgan fingerprint density at radius 1 is 1.17 bits per heavy atom. The van der Waals surface area contributed by atoms with E-state index in [1.165, 1.54) is 34.1 Å². The molecule has 242 valence electrons. The topological polar surface area (TPSA) is 158 Å². The Labute approximate surface area is 271 Å². The van der Waals surface area contributed by atoms with Gasteiger partial charge in [-0.3, -0.25) is 9.59 Å². The third kappa shape index (κ3) is 6.82. The van der Waals surface area contributed by atoms with Crippen molar-refractivity contribution in [1.29, 1.82) is 5.26 Å². The number of fused-ring (bicyclic) bond motifs is 4. The molecule has 1 saturated heterocycles. The molecular weight excluding hydrogens is 637 g/mol. The van der Waals surface area contributed by atoms with Gasteiger partial charge in [-0.2, -0.15) is 9.94 Å². The summed E-state index contributed by atoms with van der Waals surface area (Å²) in [6, 6.07) is 10.5. The molecule has 2 aromatic carbocycles. The smallest absolute Gasteiger partial charge is 0.267 e. The number of nitrogens with zero attached hydrogens (tertiary/aromatic N) is 7. The lowest BCUT2D eigenvalue weighted by Crippen LogP contribution is -2.43. The van der Waals surface area contributed by atoms with Crippen LogP contribution in [0.25, 0.3) is 23.0 Å². The minimum absolute atomic E-state index is 0.0127. The molecule has 2 aromatic heterocycles. The largest absolute Gasteiger partial charge is 0.373 e. The molecule has 2 aliphatic rings. The molecule has 0 aliphatic carbocycles. The molecule has 4 aromatic rings. The summed E-state index contributed by atoms with van der Waals surface area (Å²) in [6.45, 7) is -0.669. The van der Waals surface area contributed by atoms with E-state index < -0.39 is 42.2 Å². The number of anilines is 1. The number of carbonyl (C=O) groups excluding carboxylic acids is 2.